The van der Waals surface area contributed by atoms with Crippen molar-refractivity contribution in [3.8, 4) is 5.75 Å². The zero-order valence-electron chi connectivity index (χ0n) is 12.3. The monoisotopic (exact) mass is 360 g/mol. The Balaban J connectivity index is 1.86. The van der Waals surface area contributed by atoms with Crippen LogP contribution in [0.15, 0.2) is 52.0 Å². The molecule has 0 saturated heterocycles. The van der Waals surface area contributed by atoms with Crippen molar-refractivity contribution in [3.63, 3.8) is 0 Å². The van der Waals surface area contributed by atoms with Gasteiger partial charge in [0.2, 0.25) is 5.43 Å². The summed E-state index contributed by atoms with van der Waals surface area (Å²) in [6.45, 7) is 3.19. The number of pyridine rings is 1. The lowest BCUT2D eigenvalue weighted by atomic mass is 10.2. The Morgan fingerprint density at radius 2 is 2.14 bits per heavy atom. The minimum atomic E-state index is -0.0820. The van der Waals surface area contributed by atoms with E-state index in [0.717, 1.165) is 22.1 Å². The van der Waals surface area contributed by atoms with E-state index in [4.69, 9.17) is 4.74 Å². The summed E-state index contributed by atoms with van der Waals surface area (Å²) >= 11 is 3.48. The van der Waals surface area contributed by atoms with Crippen LogP contribution in [0.25, 0.3) is 10.9 Å². The van der Waals surface area contributed by atoms with Gasteiger partial charge in [0, 0.05) is 39.5 Å². The number of halogens is 1. The second kappa shape index (κ2) is 6.40. The zero-order chi connectivity index (χ0) is 15.5. The third-order valence-electron chi connectivity index (χ3n) is 3.47. The van der Waals surface area contributed by atoms with Crippen LogP contribution >= 0.6 is 15.9 Å². The number of hydrogen-bond acceptors (Lipinski definition) is 2. The molecule has 1 N–H and O–H groups in total. The lowest BCUT2D eigenvalue weighted by molar-refractivity contribution is 0.313. The summed E-state index contributed by atoms with van der Waals surface area (Å²) in [5.41, 5.74) is 1.91. The maximum Gasteiger partial charge on any atom is 0.223 e. The van der Waals surface area contributed by atoms with Crippen LogP contribution in [-0.2, 0) is 6.54 Å². The van der Waals surface area contributed by atoms with Crippen molar-refractivity contribution in [2.24, 2.45) is 0 Å². The summed E-state index contributed by atoms with van der Waals surface area (Å²) in [7, 11) is 0. The quantitative estimate of drug-likeness (QED) is 0.749. The first-order chi connectivity index (χ1) is 10.7. The number of benzene rings is 1. The van der Waals surface area contributed by atoms with E-state index in [0.29, 0.717) is 18.9 Å². The van der Waals surface area contributed by atoms with Crippen LogP contribution < -0.4 is 10.2 Å². The topological polar surface area (TPSA) is 47.0 Å². The molecule has 4 nitrogen and oxygen atoms in total. The summed E-state index contributed by atoms with van der Waals surface area (Å²) in [6, 6.07) is 9.84. The Morgan fingerprint density at radius 1 is 1.27 bits per heavy atom. The second-order valence-corrected chi connectivity index (χ2v) is 6.10. The van der Waals surface area contributed by atoms with Gasteiger partial charge >= 0.3 is 0 Å². The van der Waals surface area contributed by atoms with Crippen LogP contribution in [0, 0.1) is 0 Å². The molecule has 0 radical (unpaired) electrons. The lowest BCUT2D eigenvalue weighted by Crippen LogP contribution is -2.11. The number of hydrogen-bond donors (Lipinski definition) is 1. The number of ether oxygens (including phenoxy) is 1. The number of rotatable bonds is 5. The molecule has 2 heterocycles. The van der Waals surface area contributed by atoms with E-state index in [1.54, 1.807) is 12.3 Å². The van der Waals surface area contributed by atoms with Gasteiger partial charge < -0.3 is 14.3 Å². The van der Waals surface area contributed by atoms with Gasteiger partial charge in [-0.25, -0.2) is 0 Å². The highest BCUT2D eigenvalue weighted by Gasteiger charge is 2.05. The molecule has 0 spiro atoms. The van der Waals surface area contributed by atoms with Gasteiger partial charge in [-0.05, 0) is 30.7 Å². The van der Waals surface area contributed by atoms with Crippen LogP contribution in [-0.4, -0.2) is 16.2 Å². The lowest BCUT2D eigenvalue weighted by Gasteiger charge is -2.08. The van der Waals surface area contributed by atoms with Gasteiger partial charge in [-0.3, -0.25) is 4.79 Å². The number of aromatic nitrogens is 2. The normalized spacial score (nSPS) is 11.0. The molecule has 0 atom stereocenters. The molecule has 3 rings (SSSR count). The van der Waals surface area contributed by atoms with Crippen LogP contribution in [0.4, 0.5) is 0 Å². The SMILES string of the molecule is CCCOc1c[nH]c(Cn2ccc3cc(Br)ccc32)cc1=O. The van der Waals surface area contributed by atoms with Gasteiger partial charge in [0.15, 0.2) is 5.75 Å². The molecule has 114 valence electrons. The minimum absolute atomic E-state index is 0.0820. The Hall–Kier alpha value is -2.01. The first-order valence-corrected chi connectivity index (χ1v) is 8.05. The van der Waals surface area contributed by atoms with E-state index >= 15 is 0 Å². The molecule has 0 saturated carbocycles. The number of nitrogens with zero attached hydrogens (tertiary/aromatic N) is 1. The van der Waals surface area contributed by atoms with Crippen molar-refractivity contribution in [1.82, 2.24) is 9.55 Å². The van der Waals surface area contributed by atoms with Crippen molar-refractivity contribution >= 4 is 26.8 Å². The summed E-state index contributed by atoms with van der Waals surface area (Å²) in [4.78, 5) is 15.2. The van der Waals surface area contributed by atoms with E-state index in [2.05, 4.69) is 43.7 Å². The molecule has 0 aliphatic rings. The maximum absolute atomic E-state index is 12.0. The Morgan fingerprint density at radius 3 is 2.91 bits per heavy atom. The highest BCUT2D eigenvalue weighted by atomic mass is 79.9. The standard InChI is InChI=1S/C17H17BrN2O2/c1-2-7-22-17-10-19-14(9-16(17)21)11-20-6-5-12-8-13(18)3-4-15(12)20/h3-6,8-10H,2,7,11H2,1H3,(H,19,21). The van der Waals surface area contributed by atoms with Gasteiger partial charge in [-0.1, -0.05) is 22.9 Å². The number of H-pyrrole nitrogens is 1. The van der Waals surface area contributed by atoms with Crippen molar-refractivity contribution in [2.75, 3.05) is 6.61 Å². The Bertz CT molecular complexity index is 851. The average molecular weight is 361 g/mol. The van der Waals surface area contributed by atoms with Gasteiger partial charge in [0.1, 0.15) is 0 Å². The Labute approximate surface area is 136 Å². The molecule has 0 aliphatic carbocycles. The van der Waals surface area contributed by atoms with Crippen LogP contribution in [0.2, 0.25) is 0 Å². The highest BCUT2D eigenvalue weighted by molar-refractivity contribution is 9.10. The first-order valence-electron chi connectivity index (χ1n) is 7.26. The molecule has 22 heavy (non-hydrogen) atoms. The van der Waals surface area contributed by atoms with E-state index in [-0.39, 0.29) is 5.43 Å². The molecule has 2 aromatic heterocycles. The molecule has 3 aromatic rings. The smallest absolute Gasteiger partial charge is 0.223 e. The Kier molecular flexibility index (Phi) is 4.34. The summed E-state index contributed by atoms with van der Waals surface area (Å²) in [5, 5.41) is 1.17. The third kappa shape index (κ3) is 3.09. The fraction of sp³-hybridized carbons (Fsp3) is 0.235. The fourth-order valence-corrected chi connectivity index (χ4v) is 2.79. The molecule has 5 heteroatoms. The van der Waals surface area contributed by atoms with Gasteiger partial charge in [-0.2, -0.15) is 0 Å². The first kappa shape index (κ1) is 14.9. The highest BCUT2D eigenvalue weighted by Crippen LogP contribution is 2.21. The van der Waals surface area contributed by atoms with E-state index in [9.17, 15) is 4.79 Å². The predicted octanol–water partition coefficient (Wildman–Crippen LogP) is 3.93. The second-order valence-electron chi connectivity index (χ2n) is 5.18. The van der Waals surface area contributed by atoms with E-state index in [1.165, 1.54) is 5.39 Å². The van der Waals surface area contributed by atoms with Crippen molar-refractivity contribution in [1.29, 1.82) is 0 Å². The van der Waals surface area contributed by atoms with Crippen LogP contribution in [0.1, 0.15) is 19.0 Å². The van der Waals surface area contributed by atoms with Gasteiger partial charge in [0.05, 0.1) is 13.2 Å². The molecular weight excluding hydrogens is 344 g/mol. The number of nitrogens with one attached hydrogen (secondary N) is 1. The van der Waals surface area contributed by atoms with Crippen LogP contribution in [0.5, 0.6) is 5.75 Å². The minimum Gasteiger partial charge on any atom is -0.488 e. The number of fused-ring (bicyclic) bond motifs is 1. The van der Waals surface area contributed by atoms with E-state index in [1.807, 2.05) is 19.2 Å². The predicted molar refractivity (Wildman–Crippen MR) is 91.6 cm³/mol. The summed E-state index contributed by atoms with van der Waals surface area (Å²) < 4.78 is 8.57. The molecule has 0 fully saturated rings. The van der Waals surface area contributed by atoms with Crippen molar-refractivity contribution in [3.05, 3.63) is 63.1 Å². The summed E-state index contributed by atoms with van der Waals surface area (Å²) in [6.07, 6.45) is 4.55. The van der Waals surface area contributed by atoms with Gasteiger partial charge in [0.25, 0.3) is 0 Å². The average Bonchev–Trinajstić information content (AvgIpc) is 2.88. The van der Waals surface area contributed by atoms with E-state index < -0.39 is 0 Å². The molecular formula is C17H17BrN2O2. The van der Waals surface area contributed by atoms with Crippen LogP contribution in [0.3, 0.4) is 0 Å². The maximum atomic E-state index is 12.0. The molecule has 1 aromatic carbocycles. The molecule has 0 aliphatic heterocycles. The van der Waals surface area contributed by atoms with Gasteiger partial charge in [-0.15, -0.1) is 0 Å². The zero-order valence-corrected chi connectivity index (χ0v) is 13.9. The third-order valence-corrected chi connectivity index (χ3v) is 3.97. The summed E-state index contributed by atoms with van der Waals surface area (Å²) in [5.74, 6) is 0.381. The largest absolute Gasteiger partial charge is 0.488 e. The molecule has 0 amide bonds. The van der Waals surface area contributed by atoms with Crippen molar-refractivity contribution in [2.45, 2.75) is 19.9 Å². The fourth-order valence-electron chi connectivity index (χ4n) is 2.41. The van der Waals surface area contributed by atoms with Crippen molar-refractivity contribution < 1.29 is 4.74 Å². The molecule has 0 unspecified atom stereocenters. The number of aromatic amines is 1. The molecule has 0 bridgehead atoms.